The summed E-state index contributed by atoms with van der Waals surface area (Å²) in [4.78, 5) is 89.7. The van der Waals surface area contributed by atoms with Crippen molar-refractivity contribution in [3.63, 3.8) is 0 Å². The number of nitrogens with one attached hydrogen (secondary N) is 3. The minimum atomic E-state index is -1.08. The van der Waals surface area contributed by atoms with Crippen LogP contribution in [0.2, 0.25) is 0 Å². The summed E-state index contributed by atoms with van der Waals surface area (Å²) in [5, 5.41) is 12.7. The fourth-order valence-electron chi connectivity index (χ4n) is 7.90. The Bertz CT molecular complexity index is 1720. The molecule has 3 N–H and O–H groups in total. The third-order valence-electron chi connectivity index (χ3n) is 11.3. The zero-order valence-electron chi connectivity index (χ0n) is 31.4. The summed E-state index contributed by atoms with van der Waals surface area (Å²) in [6.45, 7) is 4.49. The standard InChI is InChI=1S/C40H52N8O6/c1-4-26(2)34-40(54)48-32(19-12-22-42-48)39(53)47-31(18-11-21-41-47)37(51)45(3)33(25-28-16-9-6-10-17-28)38(52)46-23-13-20-30(46)36(50)43-29(35(49)44-34)24-27-14-7-5-8-15-27/h5-10,14-17,22,26,29-34,41H,4,11-13,18-21,23-25H2,1-3H3,(H,43,50)(H,44,49). The maximum absolute atomic E-state index is 14.7. The Morgan fingerprint density at radius 1 is 0.741 bits per heavy atom. The van der Waals surface area contributed by atoms with E-state index < -0.39 is 65.8 Å². The Hall–Kier alpha value is -5.11. The molecule has 4 aliphatic heterocycles. The van der Waals surface area contributed by atoms with Crippen LogP contribution in [0.3, 0.4) is 0 Å². The number of fused-ring (bicyclic) bond motifs is 3. The molecule has 6 amide bonds. The number of rotatable bonds is 6. The first kappa shape index (κ1) is 38.6. The topological polar surface area (TPSA) is 164 Å². The van der Waals surface area contributed by atoms with Crippen LogP contribution in [-0.2, 0) is 41.6 Å². The van der Waals surface area contributed by atoms with Gasteiger partial charge >= 0.3 is 0 Å². The quantitative estimate of drug-likeness (QED) is 0.407. The van der Waals surface area contributed by atoms with Gasteiger partial charge in [0, 0.05) is 39.2 Å². The smallest absolute Gasteiger partial charge is 0.266 e. The van der Waals surface area contributed by atoms with Crippen LogP contribution in [0.25, 0.3) is 0 Å². The number of likely N-dealkylation sites (N-methyl/N-ethyl adjacent to an activating group) is 1. The van der Waals surface area contributed by atoms with Crippen molar-refractivity contribution in [2.75, 3.05) is 20.1 Å². The second kappa shape index (κ2) is 17.4. The van der Waals surface area contributed by atoms with Crippen LogP contribution in [0, 0.1) is 5.92 Å². The van der Waals surface area contributed by atoms with Gasteiger partial charge in [-0.3, -0.25) is 33.8 Å². The second-order valence-corrected chi connectivity index (χ2v) is 14.8. The summed E-state index contributed by atoms with van der Waals surface area (Å²) in [7, 11) is 1.58. The Kier molecular flexibility index (Phi) is 12.4. The van der Waals surface area contributed by atoms with Gasteiger partial charge in [-0.2, -0.15) is 5.10 Å². The van der Waals surface area contributed by atoms with Crippen LogP contribution in [-0.4, -0.2) is 118 Å². The van der Waals surface area contributed by atoms with Gasteiger partial charge in [-0.05, 0) is 55.6 Å². The van der Waals surface area contributed by atoms with Gasteiger partial charge in [0.1, 0.15) is 36.3 Å². The highest BCUT2D eigenvalue weighted by Crippen LogP contribution is 2.26. The van der Waals surface area contributed by atoms with Crippen molar-refractivity contribution >= 4 is 41.7 Å². The number of benzene rings is 2. The second-order valence-electron chi connectivity index (χ2n) is 14.8. The molecule has 14 nitrogen and oxygen atoms in total. The van der Waals surface area contributed by atoms with Crippen molar-refractivity contribution in [2.24, 2.45) is 11.0 Å². The summed E-state index contributed by atoms with van der Waals surface area (Å²) in [6.07, 6.45) is 5.03. The van der Waals surface area contributed by atoms with Gasteiger partial charge in [-0.15, -0.1) is 0 Å². The van der Waals surface area contributed by atoms with Gasteiger partial charge in [-0.25, -0.2) is 10.4 Å². The zero-order chi connectivity index (χ0) is 38.4. The molecule has 0 radical (unpaired) electrons. The van der Waals surface area contributed by atoms with Gasteiger partial charge in [0.05, 0.1) is 0 Å². The third kappa shape index (κ3) is 8.33. The molecule has 54 heavy (non-hydrogen) atoms. The molecule has 7 unspecified atom stereocenters. The highest BCUT2D eigenvalue weighted by Gasteiger charge is 2.46. The van der Waals surface area contributed by atoms with E-state index in [-0.39, 0.29) is 31.1 Å². The average molecular weight is 741 g/mol. The number of nitrogens with zero attached hydrogens (tertiary/aromatic N) is 5. The molecule has 7 atom stereocenters. The number of hydrogen-bond acceptors (Lipinski definition) is 8. The van der Waals surface area contributed by atoms with Crippen molar-refractivity contribution < 1.29 is 28.8 Å². The van der Waals surface area contributed by atoms with E-state index in [2.05, 4.69) is 21.2 Å². The van der Waals surface area contributed by atoms with Gasteiger partial charge in [-0.1, -0.05) is 80.9 Å². The van der Waals surface area contributed by atoms with Crippen LogP contribution in [0.5, 0.6) is 0 Å². The SMILES string of the molecule is CCC(C)C1NC(=O)C(Cc2ccccc2)NC(=O)C2CCCN2C(=O)C(Cc2ccccc2)N(C)C(=O)C2CCCNN2C(=O)C2CCC=NN2C1=O. The minimum Gasteiger partial charge on any atom is -0.342 e. The predicted octanol–water partition coefficient (Wildman–Crippen LogP) is 1.79. The van der Waals surface area contributed by atoms with Crippen LogP contribution in [0.4, 0.5) is 0 Å². The molecular formula is C40H52N8O6. The molecule has 0 aromatic heterocycles. The van der Waals surface area contributed by atoms with Crippen molar-refractivity contribution in [1.82, 2.24) is 35.9 Å². The molecule has 288 valence electrons. The first-order valence-electron chi connectivity index (χ1n) is 19.3. The maximum atomic E-state index is 14.7. The number of hydrazine groups is 1. The van der Waals surface area contributed by atoms with Gasteiger partial charge in [0.15, 0.2) is 0 Å². The first-order valence-corrected chi connectivity index (χ1v) is 19.3. The fourth-order valence-corrected chi connectivity index (χ4v) is 7.90. The summed E-state index contributed by atoms with van der Waals surface area (Å²) >= 11 is 0. The molecular weight excluding hydrogens is 688 g/mol. The Morgan fingerprint density at radius 3 is 2.09 bits per heavy atom. The van der Waals surface area contributed by atoms with E-state index in [0.29, 0.717) is 51.6 Å². The van der Waals surface area contributed by atoms with Crippen LogP contribution in [0.15, 0.2) is 65.8 Å². The molecule has 2 aromatic rings. The highest BCUT2D eigenvalue weighted by atomic mass is 16.2. The zero-order valence-corrected chi connectivity index (χ0v) is 31.4. The number of amides is 6. The van der Waals surface area contributed by atoms with Gasteiger partial charge < -0.3 is 20.4 Å². The number of hydrogen-bond donors (Lipinski definition) is 3. The van der Waals surface area contributed by atoms with E-state index in [1.807, 2.05) is 74.5 Å². The summed E-state index contributed by atoms with van der Waals surface area (Å²) < 4.78 is 0. The van der Waals surface area contributed by atoms with E-state index in [1.54, 1.807) is 13.3 Å². The molecule has 6 rings (SSSR count). The molecule has 14 heteroatoms. The van der Waals surface area contributed by atoms with Crippen LogP contribution >= 0.6 is 0 Å². The van der Waals surface area contributed by atoms with Crippen molar-refractivity contribution in [2.45, 2.75) is 108 Å². The molecule has 0 spiro atoms. The lowest BCUT2D eigenvalue weighted by Crippen LogP contribution is -2.66. The molecule has 3 fully saturated rings. The maximum Gasteiger partial charge on any atom is 0.266 e. The van der Waals surface area contributed by atoms with Crippen molar-refractivity contribution in [3.8, 4) is 0 Å². The first-order chi connectivity index (χ1) is 26.1. The van der Waals surface area contributed by atoms with Crippen LogP contribution in [0.1, 0.15) is 69.9 Å². The fraction of sp³-hybridized carbons (Fsp3) is 0.525. The summed E-state index contributed by atoms with van der Waals surface area (Å²) in [5.41, 5.74) is 4.74. The predicted molar refractivity (Wildman–Crippen MR) is 201 cm³/mol. The largest absolute Gasteiger partial charge is 0.342 e. The van der Waals surface area contributed by atoms with E-state index in [1.165, 1.54) is 14.8 Å². The summed E-state index contributed by atoms with van der Waals surface area (Å²) in [5.74, 6) is -3.23. The third-order valence-corrected chi connectivity index (χ3v) is 11.3. The molecule has 0 saturated carbocycles. The highest BCUT2D eigenvalue weighted by molar-refractivity contribution is 5.99. The molecule has 3 saturated heterocycles. The molecule has 0 bridgehead atoms. The van der Waals surface area contributed by atoms with E-state index >= 15 is 0 Å². The summed E-state index contributed by atoms with van der Waals surface area (Å²) in [6, 6.07) is 12.6. The van der Waals surface area contributed by atoms with Crippen molar-refractivity contribution in [1.29, 1.82) is 0 Å². The van der Waals surface area contributed by atoms with E-state index in [0.717, 1.165) is 16.1 Å². The lowest BCUT2D eigenvalue weighted by atomic mass is 9.95. The normalized spacial score (nSPS) is 28.1. The average Bonchev–Trinajstić information content (AvgIpc) is 3.71. The molecule has 4 heterocycles. The number of hydrazone groups is 1. The number of carbonyl (C=O) groups is 6. The van der Waals surface area contributed by atoms with Gasteiger partial charge in [0.2, 0.25) is 23.6 Å². The lowest BCUT2D eigenvalue weighted by molar-refractivity contribution is -0.161. The Morgan fingerprint density at radius 2 is 1.41 bits per heavy atom. The monoisotopic (exact) mass is 740 g/mol. The van der Waals surface area contributed by atoms with Crippen molar-refractivity contribution in [3.05, 3.63) is 71.8 Å². The molecule has 0 aliphatic carbocycles. The van der Waals surface area contributed by atoms with E-state index in [9.17, 15) is 28.8 Å². The lowest BCUT2D eigenvalue weighted by Gasteiger charge is -2.42. The number of carbonyl (C=O) groups excluding carboxylic acids is 6. The Labute approximate surface area is 316 Å². The van der Waals surface area contributed by atoms with Gasteiger partial charge in [0.25, 0.3) is 11.8 Å². The van der Waals surface area contributed by atoms with E-state index in [4.69, 9.17) is 0 Å². The molecule has 4 aliphatic rings. The van der Waals surface area contributed by atoms with Crippen LogP contribution < -0.4 is 16.1 Å². The molecule has 2 aromatic carbocycles. The minimum absolute atomic E-state index is 0.138. The Balaban J connectivity index is 1.43.